The molecule has 1 N–H and O–H groups in total. The molecule has 21 heavy (non-hydrogen) atoms. The van der Waals surface area contributed by atoms with Gasteiger partial charge < -0.3 is 14.8 Å². The van der Waals surface area contributed by atoms with E-state index in [1.807, 2.05) is 6.07 Å². The van der Waals surface area contributed by atoms with Crippen molar-refractivity contribution in [1.82, 2.24) is 0 Å². The Balaban J connectivity index is 1.80. The molecule has 0 radical (unpaired) electrons. The van der Waals surface area contributed by atoms with Gasteiger partial charge in [-0.3, -0.25) is 4.79 Å². The zero-order chi connectivity index (χ0) is 14.8. The molecule has 2 aromatic carbocycles. The normalized spacial score (nSPS) is 11.8. The summed E-state index contributed by atoms with van der Waals surface area (Å²) in [5.41, 5.74) is 1.32. The van der Waals surface area contributed by atoms with Crippen molar-refractivity contribution < 1.29 is 14.3 Å². The second kappa shape index (κ2) is 5.35. The zero-order valence-electron chi connectivity index (χ0n) is 10.7. The van der Waals surface area contributed by atoms with Crippen LogP contribution in [0, 0.1) is 11.3 Å². The van der Waals surface area contributed by atoms with Gasteiger partial charge in [-0.1, -0.05) is 11.6 Å². The summed E-state index contributed by atoms with van der Waals surface area (Å²) < 4.78 is 10.4. The first-order valence-corrected chi connectivity index (χ1v) is 6.46. The van der Waals surface area contributed by atoms with E-state index < -0.39 is 0 Å². The number of nitrogens with one attached hydrogen (secondary N) is 1. The average molecular weight is 301 g/mol. The van der Waals surface area contributed by atoms with Crippen LogP contribution in [0.1, 0.15) is 15.9 Å². The van der Waals surface area contributed by atoms with Gasteiger partial charge in [0.05, 0.1) is 10.6 Å². The quantitative estimate of drug-likeness (QED) is 0.924. The molecule has 0 aromatic heterocycles. The molecule has 0 fully saturated rings. The van der Waals surface area contributed by atoms with Crippen LogP contribution < -0.4 is 14.8 Å². The number of benzene rings is 2. The number of hydrogen-bond acceptors (Lipinski definition) is 4. The molecule has 0 aliphatic carbocycles. The first-order chi connectivity index (χ1) is 10.2. The highest BCUT2D eigenvalue weighted by Crippen LogP contribution is 2.32. The maximum atomic E-state index is 12.2. The summed E-state index contributed by atoms with van der Waals surface area (Å²) in [5.74, 6) is 0.863. The number of rotatable bonds is 2. The van der Waals surface area contributed by atoms with Crippen molar-refractivity contribution >= 4 is 23.2 Å². The summed E-state index contributed by atoms with van der Waals surface area (Å²) in [4.78, 5) is 12.2. The number of fused-ring (bicyclic) bond motifs is 1. The molecule has 1 amide bonds. The van der Waals surface area contributed by atoms with Crippen LogP contribution in [-0.4, -0.2) is 12.7 Å². The lowest BCUT2D eigenvalue weighted by Gasteiger charge is -2.07. The first-order valence-electron chi connectivity index (χ1n) is 6.08. The minimum atomic E-state index is -0.297. The van der Waals surface area contributed by atoms with Crippen LogP contribution in [0.25, 0.3) is 0 Å². The average Bonchev–Trinajstić information content (AvgIpc) is 2.94. The molecule has 1 heterocycles. The number of halogens is 1. The van der Waals surface area contributed by atoms with E-state index in [0.29, 0.717) is 33.3 Å². The van der Waals surface area contributed by atoms with Crippen molar-refractivity contribution in [3.63, 3.8) is 0 Å². The van der Waals surface area contributed by atoms with Crippen LogP contribution in [0.15, 0.2) is 36.4 Å². The van der Waals surface area contributed by atoms with Crippen LogP contribution in [0.4, 0.5) is 5.69 Å². The molecule has 104 valence electrons. The fourth-order valence-corrected chi connectivity index (χ4v) is 2.15. The molecule has 0 spiro atoms. The third-order valence-corrected chi connectivity index (χ3v) is 3.29. The maximum absolute atomic E-state index is 12.2. The van der Waals surface area contributed by atoms with E-state index in [2.05, 4.69) is 5.32 Å². The molecule has 0 bridgehead atoms. The second-order valence-corrected chi connectivity index (χ2v) is 4.74. The number of carbonyl (C=O) groups is 1. The number of amides is 1. The molecule has 3 rings (SSSR count). The van der Waals surface area contributed by atoms with E-state index >= 15 is 0 Å². The van der Waals surface area contributed by atoms with Crippen molar-refractivity contribution in [2.24, 2.45) is 0 Å². The smallest absolute Gasteiger partial charge is 0.255 e. The molecule has 1 aliphatic rings. The topological polar surface area (TPSA) is 71.4 Å². The third kappa shape index (κ3) is 2.62. The number of nitriles is 1. The largest absolute Gasteiger partial charge is 0.454 e. The van der Waals surface area contributed by atoms with E-state index in [1.54, 1.807) is 30.3 Å². The number of carbonyl (C=O) groups excluding carboxylic acids is 1. The van der Waals surface area contributed by atoms with E-state index in [0.717, 1.165) is 0 Å². The fourth-order valence-electron chi connectivity index (χ4n) is 1.92. The Bertz CT molecular complexity index is 768. The van der Waals surface area contributed by atoms with E-state index in [-0.39, 0.29) is 12.7 Å². The van der Waals surface area contributed by atoms with Crippen LogP contribution in [-0.2, 0) is 0 Å². The Kier molecular flexibility index (Phi) is 3.38. The minimum Gasteiger partial charge on any atom is -0.454 e. The highest BCUT2D eigenvalue weighted by atomic mass is 35.5. The van der Waals surface area contributed by atoms with Gasteiger partial charge in [-0.2, -0.15) is 5.26 Å². The van der Waals surface area contributed by atoms with Gasteiger partial charge in [0.1, 0.15) is 6.07 Å². The van der Waals surface area contributed by atoms with Crippen molar-refractivity contribution in [2.75, 3.05) is 12.1 Å². The molecule has 0 saturated heterocycles. The molecular weight excluding hydrogens is 292 g/mol. The van der Waals surface area contributed by atoms with Gasteiger partial charge in [0.15, 0.2) is 11.5 Å². The molecule has 5 nitrogen and oxygen atoms in total. The van der Waals surface area contributed by atoms with Crippen LogP contribution in [0.2, 0.25) is 5.02 Å². The number of hydrogen-bond donors (Lipinski definition) is 1. The first kappa shape index (κ1) is 13.3. The van der Waals surface area contributed by atoms with Gasteiger partial charge in [-0.25, -0.2) is 0 Å². The number of ether oxygens (including phenoxy) is 2. The molecule has 0 unspecified atom stereocenters. The lowest BCUT2D eigenvalue weighted by atomic mass is 10.1. The third-order valence-electron chi connectivity index (χ3n) is 2.98. The van der Waals surface area contributed by atoms with Crippen LogP contribution >= 0.6 is 11.6 Å². The molecule has 6 heteroatoms. The van der Waals surface area contributed by atoms with Gasteiger partial charge >= 0.3 is 0 Å². The predicted molar refractivity (Wildman–Crippen MR) is 76.7 cm³/mol. The number of anilines is 1. The molecule has 0 saturated carbocycles. The Hall–Kier alpha value is -2.71. The fraction of sp³-hybridized carbons (Fsp3) is 0.0667. The Morgan fingerprint density at radius 3 is 2.76 bits per heavy atom. The SMILES string of the molecule is N#Cc1ccc(NC(=O)c2ccc3c(c2)OCO3)cc1Cl. The van der Waals surface area contributed by atoms with Crippen molar-refractivity contribution in [3.05, 3.63) is 52.5 Å². The minimum absolute atomic E-state index is 0.158. The van der Waals surface area contributed by atoms with Crippen LogP contribution in [0.5, 0.6) is 11.5 Å². The van der Waals surface area contributed by atoms with Gasteiger partial charge in [0.2, 0.25) is 6.79 Å². The van der Waals surface area contributed by atoms with Crippen molar-refractivity contribution in [3.8, 4) is 17.6 Å². The van der Waals surface area contributed by atoms with Gasteiger partial charge in [0.25, 0.3) is 5.91 Å². The highest BCUT2D eigenvalue weighted by molar-refractivity contribution is 6.32. The van der Waals surface area contributed by atoms with Gasteiger partial charge in [-0.15, -0.1) is 0 Å². The lowest BCUT2D eigenvalue weighted by molar-refractivity contribution is 0.102. The maximum Gasteiger partial charge on any atom is 0.255 e. The monoisotopic (exact) mass is 300 g/mol. The summed E-state index contributed by atoms with van der Waals surface area (Å²) in [6.45, 7) is 0.158. The predicted octanol–water partition coefficient (Wildman–Crippen LogP) is 3.19. The Labute approximate surface area is 125 Å². The van der Waals surface area contributed by atoms with E-state index in [9.17, 15) is 4.79 Å². The van der Waals surface area contributed by atoms with Crippen molar-refractivity contribution in [1.29, 1.82) is 5.26 Å². The zero-order valence-corrected chi connectivity index (χ0v) is 11.5. The molecule has 0 atom stereocenters. The molecular formula is C15H9ClN2O3. The summed E-state index contributed by atoms with van der Waals surface area (Å²) in [6, 6.07) is 11.6. The van der Waals surface area contributed by atoms with E-state index in [1.165, 1.54) is 6.07 Å². The van der Waals surface area contributed by atoms with Gasteiger partial charge in [-0.05, 0) is 36.4 Å². The highest BCUT2D eigenvalue weighted by Gasteiger charge is 2.16. The second-order valence-electron chi connectivity index (χ2n) is 4.33. The summed E-state index contributed by atoms with van der Waals surface area (Å²) in [7, 11) is 0. The molecule has 1 aliphatic heterocycles. The van der Waals surface area contributed by atoms with Crippen molar-refractivity contribution in [2.45, 2.75) is 0 Å². The summed E-state index contributed by atoms with van der Waals surface area (Å²) >= 11 is 5.93. The lowest BCUT2D eigenvalue weighted by Crippen LogP contribution is -2.11. The Morgan fingerprint density at radius 2 is 2.00 bits per heavy atom. The van der Waals surface area contributed by atoms with Crippen LogP contribution in [0.3, 0.4) is 0 Å². The standard InChI is InChI=1S/C15H9ClN2O3/c16-12-6-11(3-1-10(12)7-17)18-15(19)9-2-4-13-14(5-9)21-8-20-13/h1-6H,8H2,(H,18,19). The molecule has 2 aromatic rings. The van der Waals surface area contributed by atoms with Gasteiger partial charge in [0, 0.05) is 11.3 Å². The van der Waals surface area contributed by atoms with E-state index in [4.69, 9.17) is 26.3 Å². The summed E-state index contributed by atoms with van der Waals surface area (Å²) in [5, 5.41) is 11.8. The number of nitrogens with zero attached hydrogens (tertiary/aromatic N) is 1. The summed E-state index contributed by atoms with van der Waals surface area (Å²) in [6.07, 6.45) is 0. The Morgan fingerprint density at radius 1 is 1.19 bits per heavy atom.